The third kappa shape index (κ3) is 4.58. The fraction of sp³-hybridized carbons (Fsp3) is 0.0455. The van der Waals surface area contributed by atoms with Crippen LogP contribution in [0, 0.1) is 0 Å². The van der Waals surface area contributed by atoms with Gasteiger partial charge in [-0.2, -0.15) is 0 Å². The van der Waals surface area contributed by atoms with Gasteiger partial charge in [-0.15, -0.1) is 0 Å². The molecule has 3 aromatic carbocycles. The van der Waals surface area contributed by atoms with Gasteiger partial charge in [0.15, 0.2) is 0 Å². The molecule has 0 unspecified atom stereocenters. The summed E-state index contributed by atoms with van der Waals surface area (Å²) in [5.74, 6) is -0.631. The van der Waals surface area contributed by atoms with Crippen LogP contribution in [0.3, 0.4) is 0 Å². The zero-order chi connectivity index (χ0) is 17.5. The summed E-state index contributed by atoms with van der Waals surface area (Å²) in [5, 5.41) is 7.86. The molecule has 0 aromatic heterocycles. The van der Waals surface area contributed by atoms with E-state index in [4.69, 9.17) is 5.11 Å². The highest BCUT2D eigenvalue weighted by Crippen LogP contribution is 2.31. The maximum absolute atomic E-state index is 9.57. The van der Waals surface area contributed by atoms with Crippen molar-refractivity contribution in [2.45, 2.75) is 5.92 Å². The number of aliphatic carboxylic acids is 1. The van der Waals surface area contributed by atoms with Gasteiger partial charge < -0.3 is 9.84 Å². The first-order valence-electron chi connectivity index (χ1n) is 8.00. The van der Waals surface area contributed by atoms with E-state index in [1.807, 2.05) is 0 Å². The lowest BCUT2D eigenvalue weighted by atomic mass is 9.85. The van der Waals surface area contributed by atoms with E-state index in [-0.39, 0.29) is 5.76 Å². The van der Waals surface area contributed by atoms with Gasteiger partial charge in [-0.05, 0) is 16.7 Å². The summed E-state index contributed by atoms with van der Waals surface area (Å²) >= 11 is 0. The molecule has 0 radical (unpaired) electrons. The second kappa shape index (κ2) is 7.97. The average Bonchev–Trinajstić information content (AvgIpc) is 3.51. The largest absolute Gasteiger partial charge is 0.475 e. The highest BCUT2D eigenvalue weighted by molar-refractivity contribution is 5.86. The highest BCUT2D eigenvalue weighted by Gasteiger charge is 2.18. The Hall–Kier alpha value is -3.33. The van der Waals surface area contributed by atoms with Crippen molar-refractivity contribution in [3.8, 4) is 0 Å². The average molecular weight is 330 g/mol. The molecule has 0 saturated heterocycles. The van der Waals surface area contributed by atoms with Gasteiger partial charge in [-0.1, -0.05) is 91.0 Å². The maximum Gasteiger partial charge on any atom is 0.375 e. The predicted molar refractivity (Wildman–Crippen MR) is 97.1 cm³/mol. The van der Waals surface area contributed by atoms with E-state index < -0.39 is 5.97 Å². The summed E-state index contributed by atoms with van der Waals surface area (Å²) in [6.07, 6.45) is 1.18. The number of ether oxygens (including phenoxy) is 1. The molecular formula is C22H18O3. The molecule has 1 N–H and O–H groups in total. The first kappa shape index (κ1) is 16.5. The van der Waals surface area contributed by atoms with Crippen LogP contribution in [0.2, 0.25) is 0 Å². The lowest BCUT2D eigenvalue weighted by Gasteiger charge is -2.18. The van der Waals surface area contributed by atoms with Crippen molar-refractivity contribution in [3.63, 3.8) is 0 Å². The van der Waals surface area contributed by atoms with Gasteiger partial charge in [-0.3, -0.25) is 0 Å². The Balaban J connectivity index is 0.000000258. The Morgan fingerprint density at radius 2 is 1.00 bits per heavy atom. The van der Waals surface area contributed by atoms with E-state index in [0.717, 1.165) is 0 Å². The number of carbonyl (C=O) groups is 1. The Labute approximate surface area is 146 Å². The summed E-state index contributed by atoms with van der Waals surface area (Å²) in [5.41, 5.74) is 4.00. The number of carboxylic acids is 1. The van der Waals surface area contributed by atoms with E-state index >= 15 is 0 Å². The van der Waals surface area contributed by atoms with Crippen LogP contribution in [-0.2, 0) is 9.53 Å². The lowest BCUT2D eigenvalue weighted by Crippen LogP contribution is -2.02. The van der Waals surface area contributed by atoms with Crippen molar-refractivity contribution < 1.29 is 14.6 Å². The quantitative estimate of drug-likeness (QED) is 0.698. The van der Waals surface area contributed by atoms with E-state index in [0.29, 0.717) is 5.92 Å². The normalized spacial score (nSPS) is 11.6. The van der Waals surface area contributed by atoms with Crippen LogP contribution in [0.5, 0.6) is 0 Å². The minimum absolute atomic E-state index is 0.0509. The maximum atomic E-state index is 9.57. The molecule has 3 aromatic rings. The molecule has 124 valence electrons. The van der Waals surface area contributed by atoms with E-state index in [1.54, 1.807) is 0 Å². The number of hydrogen-bond donors (Lipinski definition) is 1. The van der Waals surface area contributed by atoms with Gasteiger partial charge in [-0.25, -0.2) is 4.79 Å². The van der Waals surface area contributed by atoms with Gasteiger partial charge in [0.05, 0.1) is 0 Å². The van der Waals surface area contributed by atoms with Gasteiger partial charge in [0, 0.05) is 5.92 Å². The number of rotatable bonds is 4. The van der Waals surface area contributed by atoms with Crippen molar-refractivity contribution in [3.05, 3.63) is 120 Å². The van der Waals surface area contributed by atoms with Gasteiger partial charge in [0.1, 0.15) is 6.26 Å². The molecule has 1 heterocycles. The monoisotopic (exact) mass is 330 g/mol. The van der Waals surface area contributed by atoms with Gasteiger partial charge in [0.25, 0.3) is 0 Å². The molecule has 0 bridgehead atoms. The van der Waals surface area contributed by atoms with Crippen LogP contribution in [-0.4, -0.2) is 11.1 Å². The summed E-state index contributed by atoms with van der Waals surface area (Å²) in [6, 6.07) is 32.0. The molecule has 0 amide bonds. The molecule has 25 heavy (non-hydrogen) atoms. The fourth-order valence-electron chi connectivity index (χ4n) is 2.64. The molecule has 4 rings (SSSR count). The Bertz CT molecular complexity index is 746. The molecule has 0 aliphatic carbocycles. The topological polar surface area (TPSA) is 49.8 Å². The summed E-state index contributed by atoms with van der Waals surface area (Å²) in [4.78, 5) is 9.57. The summed E-state index contributed by atoms with van der Waals surface area (Å²) in [6.45, 7) is 0. The Morgan fingerprint density at radius 1 is 0.680 bits per heavy atom. The molecule has 0 saturated carbocycles. The van der Waals surface area contributed by atoms with Crippen molar-refractivity contribution in [1.82, 2.24) is 0 Å². The van der Waals surface area contributed by atoms with Crippen LogP contribution >= 0.6 is 0 Å². The second-order valence-electron chi connectivity index (χ2n) is 5.57. The van der Waals surface area contributed by atoms with Gasteiger partial charge in [0.2, 0.25) is 5.76 Å². The highest BCUT2D eigenvalue weighted by atomic mass is 16.6. The van der Waals surface area contributed by atoms with E-state index in [9.17, 15) is 4.79 Å². The summed E-state index contributed by atoms with van der Waals surface area (Å²) < 4.78 is 4.16. The fourth-order valence-corrected chi connectivity index (χ4v) is 2.64. The molecule has 0 fully saturated rings. The van der Waals surface area contributed by atoms with Crippen molar-refractivity contribution in [1.29, 1.82) is 0 Å². The van der Waals surface area contributed by atoms with Crippen LogP contribution < -0.4 is 0 Å². The van der Waals surface area contributed by atoms with Crippen LogP contribution in [0.25, 0.3) is 0 Å². The Morgan fingerprint density at radius 3 is 1.20 bits per heavy atom. The molecule has 3 heteroatoms. The third-order valence-corrected chi connectivity index (χ3v) is 3.85. The smallest absolute Gasteiger partial charge is 0.375 e. The van der Waals surface area contributed by atoms with Crippen LogP contribution in [0.1, 0.15) is 22.6 Å². The second-order valence-corrected chi connectivity index (χ2v) is 5.57. The van der Waals surface area contributed by atoms with Crippen molar-refractivity contribution in [2.24, 2.45) is 0 Å². The lowest BCUT2D eigenvalue weighted by molar-refractivity contribution is -0.133. The van der Waals surface area contributed by atoms with E-state index in [2.05, 4.69) is 95.7 Å². The van der Waals surface area contributed by atoms with Crippen LogP contribution in [0.4, 0.5) is 0 Å². The SMILES string of the molecule is O=C(O)C1=CO1.c1ccc(C(c2ccccc2)c2ccccc2)cc1. The molecule has 0 atom stereocenters. The van der Waals surface area contributed by atoms with Gasteiger partial charge >= 0.3 is 5.97 Å². The Kier molecular flexibility index (Phi) is 5.27. The minimum atomic E-state index is -0.991. The number of benzene rings is 3. The third-order valence-electron chi connectivity index (χ3n) is 3.85. The zero-order valence-corrected chi connectivity index (χ0v) is 13.6. The van der Waals surface area contributed by atoms with E-state index in [1.165, 1.54) is 23.0 Å². The van der Waals surface area contributed by atoms with Crippen molar-refractivity contribution in [2.75, 3.05) is 0 Å². The van der Waals surface area contributed by atoms with Crippen molar-refractivity contribution >= 4 is 5.97 Å². The predicted octanol–water partition coefficient (Wildman–Crippen LogP) is 4.81. The first-order valence-corrected chi connectivity index (χ1v) is 8.00. The standard InChI is InChI=1S/C19H16.C3H2O3/c1-4-10-16(11-5-1)19(17-12-6-2-7-13-17)18-14-8-3-9-15-18;4-3(5)2-1-6-2/h1-15,19H;1H,(H,4,5). The summed E-state index contributed by atoms with van der Waals surface area (Å²) in [7, 11) is 0. The molecule has 0 spiro atoms. The molecule has 1 aliphatic rings. The van der Waals surface area contributed by atoms with Crippen LogP contribution in [0.15, 0.2) is 103 Å². The molecule has 1 aliphatic heterocycles. The number of carboxylic acid groups (broad SMARTS) is 1. The zero-order valence-electron chi connectivity index (χ0n) is 13.6. The minimum Gasteiger partial charge on any atom is -0.475 e. The number of hydrogen-bond acceptors (Lipinski definition) is 2. The molecular weight excluding hydrogens is 312 g/mol. The molecule has 3 nitrogen and oxygen atoms in total. The first-order chi connectivity index (χ1) is 12.3.